The van der Waals surface area contributed by atoms with Crippen LogP contribution in [0.1, 0.15) is 59.9 Å². The first-order valence-electron chi connectivity index (χ1n) is 10.8. The highest BCUT2D eigenvalue weighted by Crippen LogP contribution is 2.49. The van der Waals surface area contributed by atoms with Crippen LogP contribution in [0.4, 0.5) is 0 Å². The van der Waals surface area contributed by atoms with E-state index in [0.717, 1.165) is 50.4 Å². The van der Waals surface area contributed by atoms with Gasteiger partial charge in [-0.2, -0.15) is 0 Å². The number of benzene rings is 1. The van der Waals surface area contributed by atoms with Crippen LogP contribution in [-0.4, -0.2) is 62.7 Å². The molecule has 6 heteroatoms. The van der Waals surface area contributed by atoms with E-state index in [-0.39, 0.29) is 17.2 Å². The number of rotatable bonds is 3. The molecule has 0 saturated carbocycles. The van der Waals surface area contributed by atoms with Gasteiger partial charge in [0.2, 0.25) is 0 Å². The fourth-order valence-corrected chi connectivity index (χ4v) is 5.14. The highest BCUT2D eigenvalue weighted by molar-refractivity contribution is 5.94. The van der Waals surface area contributed by atoms with Crippen molar-refractivity contribution in [1.82, 2.24) is 24.6 Å². The predicted octanol–water partition coefficient (Wildman–Crippen LogP) is 3.16. The second kappa shape index (κ2) is 7.56. The van der Waals surface area contributed by atoms with Gasteiger partial charge in [-0.3, -0.25) is 4.79 Å². The Bertz CT molecular complexity index is 894. The lowest BCUT2D eigenvalue weighted by atomic mass is 9.70. The van der Waals surface area contributed by atoms with Gasteiger partial charge >= 0.3 is 0 Å². The maximum Gasteiger partial charge on any atom is 0.253 e. The van der Waals surface area contributed by atoms with E-state index < -0.39 is 0 Å². The normalized spacial score (nSPS) is 22.0. The molecule has 1 spiro atoms. The Morgan fingerprint density at radius 3 is 2.48 bits per heavy atom. The van der Waals surface area contributed by atoms with Crippen molar-refractivity contribution in [2.45, 2.75) is 52.5 Å². The number of aryl methyl sites for hydroxylation is 3. The summed E-state index contributed by atoms with van der Waals surface area (Å²) in [5, 5.41) is 8.59. The summed E-state index contributed by atoms with van der Waals surface area (Å²) in [6, 6.07) is 6.61. The summed E-state index contributed by atoms with van der Waals surface area (Å²) in [4.78, 5) is 18.0. The van der Waals surface area contributed by atoms with Crippen molar-refractivity contribution in [3.05, 3.63) is 47.0 Å². The van der Waals surface area contributed by atoms with Gasteiger partial charge in [-0.05, 0) is 76.9 Å². The topological polar surface area (TPSA) is 54.3 Å². The Labute approximate surface area is 173 Å². The summed E-state index contributed by atoms with van der Waals surface area (Å²) in [6.07, 6.45) is 3.97. The first-order chi connectivity index (χ1) is 13.8. The van der Waals surface area contributed by atoms with Gasteiger partial charge in [-0.1, -0.05) is 6.07 Å². The molecule has 1 unspecified atom stereocenters. The lowest BCUT2D eigenvalue weighted by molar-refractivity contribution is 0.0646. The fraction of sp³-hybridized carbons (Fsp3) is 0.609. The number of likely N-dealkylation sites (tertiary alicyclic amines) is 2. The number of piperidine rings is 1. The number of hydrogen-bond acceptors (Lipinski definition) is 4. The summed E-state index contributed by atoms with van der Waals surface area (Å²) in [6.45, 7) is 12.4. The van der Waals surface area contributed by atoms with E-state index in [9.17, 15) is 4.79 Å². The molecule has 2 aliphatic rings. The van der Waals surface area contributed by atoms with Crippen LogP contribution in [0.5, 0.6) is 0 Å². The molecule has 2 aromatic rings. The zero-order valence-corrected chi connectivity index (χ0v) is 18.4. The maximum atomic E-state index is 13.4. The largest absolute Gasteiger partial charge is 0.337 e. The number of amides is 1. The van der Waals surface area contributed by atoms with E-state index in [1.807, 2.05) is 23.7 Å². The molecule has 1 aromatic carbocycles. The molecule has 0 aliphatic carbocycles. The number of nitrogens with zero attached hydrogens (tertiary/aromatic N) is 5. The van der Waals surface area contributed by atoms with Crippen LogP contribution in [0.2, 0.25) is 0 Å². The quantitative estimate of drug-likeness (QED) is 0.801. The smallest absolute Gasteiger partial charge is 0.253 e. The number of hydrogen-bond donors (Lipinski definition) is 0. The molecule has 0 N–H and O–H groups in total. The Balaban J connectivity index is 1.62. The molecule has 156 valence electrons. The van der Waals surface area contributed by atoms with Gasteiger partial charge in [0.05, 0.1) is 0 Å². The maximum absolute atomic E-state index is 13.4. The Morgan fingerprint density at radius 2 is 1.90 bits per heavy atom. The molecule has 0 bridgehead atoms. The first kappa shape index (κ1) is 20.1. The number of carbonyl (C=O) groups excluding carboxylic acids is 1. The minimum absolute atomic E-state index is 0.0849. The second-order valence-electron chi connectivity index (χ2n) is 9.33. The lowest BCUT2D eigenvalue weighted by Crippen LogP contribution is -2.46. The van der Waals surface area contributed by atoms with Crippen molar-refractivity contribution in [1.29, 1.82) is 0 Å². The standard InChI is InChI=1S/C23H33N5O/c1-16(2)27-10-8-23(9-11-27)14-28(13-20(23)21-25-24-15-26(21)5)22(29)19-7-6-17(3)18(4)12-19/h6-7,12,15-16,20H,8-11,13-14H2,1-5H3. The van der Waals surface area contributed by atoms with E-state index in [2.05, 4.69) is 53.8 Å². The fourth-order valence-electron chi connectivity index (χ4n) is 5.14. The zero-order valence-electron chi connectivity index (χ0n) is 18.4. The van der Waals surface area contributed by atoms with E-state index in [0.29, 0.717) is 6.04 Å². The van der Waals surface area contributed by atoms with Crippen LogP contribution in [0.15, 0.2) is 24.5 Å². The molecule has 4 rings (SSSR count). The molecule has 1 aromatic heterocycles. The van der Waals surface area contributed by atoms with Crippen LogP contribution in [0, 0.1) is 19.3 Å². The predicted molar refractivity (Wildman–Crippen MR) is 114 cm³/mol. The van der Waals surface area contributed by atoms with Gasteiger partial charge in [0.1, 0.15) is 12.2 Å². The summed E-state index contributed by atoms with van der Waals surface area (Å²) in [7, 11) is 2.01. The van der Waals surface area contributed by atoms with Gasteiger partial charge in [0.25, 0.3) is 5.91 Å². The average molecular weight is 396 g/mol. The molecule has 2 saturated heterocycles. The molecule has 2 aliphatic heterocycles. The Kier molecular flexibility index (Phi) is 5.23. The van der Waals surface area contributed by atoms with Gasteiger partial charge in [0, 0.05) is 43.1 Å². The van der Waals surface area contributed by atoms with Crippen molar-refractivity contribution in [3.63, 3.8) is 0 Å². The van der Waals surface area contributed by atoms with Crippen LogP contribution < -0.4 is 0 Å². The summed E-state index contributed by atoms with van der Waals surface area (Å²) in [5.41, 5.74) is 3.26. The zero-order chi connectivity index (χ0) is 20.8. The van der Waals surface area contributed by atoms with Crippen molar-refractivity contribution in [2.75, 3.05) is 26.2 Å². The molecular formula is C23H33N5O. The average Bonchev–Trinajstić information content (AvgIpc) is 3.27. The monoisotopic (exact) mass is 395 g/mol. The molecular weight excluding hydrogens is 362 g/mol. The van der Waals surface area contributed by atoms with E-state index >= 15 is 0 Å². The van der Waals surface area contributed by atoms with Crippen LogP contribution in [-0.2, 0) is 7.05 Å². The minimum Gasteiger partial charge on any atom is -0.337 e. The van der Waals surface area contributed by atoms with Gasteiger partial charge in [-0.25, -0.2) is 0 Å². The Hall–Kier alpha value is -2.21. The third-order valence-corrected chi connectivity index (χ3v) is 7.27. The Morgan fingerprint density at radius 1 is 1.17 bits per heavy atom. The second-order valence-corrected chi connectivity index (χ2v) is 9.33. The third kappa shape index (κ3) is 3.59. The van der Waals surface area contributed by atoms with Crippen LogP contribution in [0.25, 0.3) is 0 Å². The molecule has 0 radical (unpaired) electrons. The minimum atomic E-state index is 0.0849. The van der Waals surface area contributed by atoms with Crippen molar-refractivity contribution in [2.24, 2.45) is 12.5 Å². The highest BCUT2D eigenvalue weighted by Gasteiger charge is 2.51. The summed E-state index contributed by atoms with van der Waals surface area (Å²) >= 11 is 0. The van der Waals surface area contributed by atoms with Crippen molar-refractivity contribution in [3.8, 4) is 0 Å². The van der Waals surface area contributed by atoms with Gasteiger partial charge in [-0.15, -0.1) is 10.2 Å². The first-order valence-corrected chi connectivity index (χ1v) is 10.8. The third-order valence-electron chi connectivity index (χ3n) is 7.27. The van der Waals surface area contributed by atoms with Gasteiger partial charge < -0.3 is 14.4 Å². The molecule has 3 heterocycles. The van der Waals surface area contributed by atoms with Crippen molar-refractivity contribution >= 4 is 5.91 Å². The van der Waals surface area contributed by atoms with Gasteiger partial charge in [0.15, 0.2) is 0 Å². The number of carbonyl (C=O) groups is 1. The lowest BCUT2D eigenvalue weighted by Gasteiger charge is -2.43. The molecule has 1 atom stereocenters. The molecule has 29 heavy (non-hydrogen) atoms. The summed E-state index contributed by atoms with van der Waals surface area (Å²) in [5.74, 6) is 1.39. The van der Waals surface area contributed by atoms with Crippen LogP contribution >= 0.6 is 0 Å². The SMILES string of the molecule is Cc1ccc(C(=O)N2CC(c3nncn3C)C3(CCN(C(C)C)CC3)C2)cc1C. The number of aromatic nitrogens is 3. The van der Waals surface area contributed by atoms with E-state index in [1.54, 1.807) is 6.33 Å². The van der Waals surface area contributed by atoms with Crippen LogP contribution in [0.3, 0.4) is 0 Å². The highest BCUT2D eigenvalue weighted by atomic mass is 16.2. The van der Waals surface area contributed by atoms with E-state index in [4.69, 9.17) is 0 Å². The van der Waals surface area contributed by atoms with Crippen molar-refractivity contribution < 1.29 is 4.79 Å². The molecule has 6 nitrogen and oxygen atoms in total. The molecule has 1 amide bonds. The summed E-state index contributed by atoms with van der Waals surface area (Å²) < 4.78 is 2.03. The van der Waals surface area contributed by atoms with E-state index in [1.165, 1.54) is 11.1 Å². The molecule has 2 fully saturated rings.